The van der Waals surface area contributed by atoms with Gasteiger partial charge in [-0.05, 0) is 18.9 Å². The smallest absolute Gasteiger partial charge is 0.269 e. The van der Waals surface area contributed by atoms with Crippen LogP contribution < -0.4 is 5.43 Å². The SMILES string of the molecule is CCC(C)=NNC(=O)Cc1ccc([N+](=O)[O-])cc1. The molecule has 96 valence electrons. The van der Waals surface area contributed by atoms with Crippen molar-refractivity contribution in [2.75, 3.05) is 0 Å². The molecule has 6 heteroatoms. The van der Waals surface area contributed by atoms with Gasteiger partial charge in [0.1, 0.15) is 0 Å². The molecule has 1 aromatic rings. The highest BCUT2D eigenvalue weighted by atomic mass is 16.6. The monoisotopic (exact) mass is 249 g/mol. The minimum atomic E-state index is -0.473. The lowest BCUT2D eigenvalue weighted by atomic mass is 10.1. The summed E-state index contributed by atoms with van der Waals surface area (Å²) in [5.41, 5.74) is 4.00. The van der Waals surface area contributed by atoms with E-state index >= 15 is 0 Å². The van der Waals surface area contributed by atoms with Crippen LogP contribution in [-0.2, 0) is 11.2 Å². The second kappa shape index (κ2) is 6.48. The van der Waals surface area contributed by atoms with Crippen molar-refractivity contribution in [3.63, 3.8) is 0 Å². The highest BCUT2D eigenvalue weighted by Crippen LogP contribution is 2.12. The summed E-state index contributed by atoms with van der Waals surface area (Å²) < 4.78 is 0. The molecule has 0 unspecified atom stereocenters. The molecule has 1 aromatic carbocycles. The number of carbonyl (C=O) groups is 1. The van der Waals surface area contributed by atoms with Gasteiger partial charge >= 0.3 is 0 Å². The van der Waals surface area contributed by atoms with E-state index in [-0.39, 0.29) is 18.0 Å². The predicted molar refractivity (Wildman–Crippen MR) is 68.3 cm³/mol. The van der Waals surface area contributed by atoms with Gasteiger partial charge in [0.05, 0.1) is 11.3 Å². The molecule has 0 aromatic heterocycles. The molecule has 0 heterocycles. The number of amides is 1. The van der Waals surface area contributed by atoms with Gasteiger partial charge in [0.2, 0.25) is 5.91 Å². The first kappa shape index (κ1) is 13.8. The molecule has 0 bridgehead atoms. The molecule has 0 fully saturated rings. The summed E-state index contributed by atoms with van der Waals surface area (Å²) in [6.45, 7) is 3.77. The third kappa shape index (κ3) is 4.32. The van der Waals surface area contributed by atoms with Gasteiger partial charge in [0.15, 0.2) is 0 Å². The molecule has 0 radical (unpaired) electrons. The number of hydrogen-bond acceptors (Lipinski definition) is 4. The summed E-state index contributed by atoms with van der Waals surface area (Å²) in [7, 11) is 0. The molecular formula is C12H15N3O3. The number of nitro groups is 1. The maximum Gasteiger partial charge on any atom is 0.269 e. The van der Waals surface area contributed by atoms with Gasteiger partial charge in [-0.3, -0.25) is 14.9 Å². The van der Waals surface area contributed by atoms with E-state index in [9.17, 15) is 14.9 Å². The van der Waals surface area contributed by atoms with Crippen LogP contribution in [0.25, 0.3) is 0 Å². The first-order chi connectivity index (χ1) is 8.52. The second-order valence-electron chi connectivity index (χ2n) is 3.84. The van der Waals surface area contributed by atoms with E-state index in [0.29, 0.717) is 5.56 Å². The first-order valence-corrected chi connectivity index (χ1v) is 5.58. The van der Waals surface area contributed by atoms with Crippen LogP contribution in [0.5, 0.6) is 0 Å². The Morgan fingerprint density at radius 3 is 2.50 bits per heavy atom. The molecule has 0 aliphatic carbocycles. The maximum atomic E-state index is 11.5. The average molecular weight is 249 g/mol. The Morgan fingerprint density at radius 2 is 2.00 bits per heavy atom. The van der Waals surface area contributed by atoms with Crippen LogP contribution in [0, 0.1) is 10.1 Å². The summed E-state index contributed by atoms with van der Waals surface area (Å²) in [4.78, 5) is 21.5. The third-order valence-corrected chi connectivity index (χ3v) is 2.39. The number of benzene rings is 1. The summed E-state index contributed by atoms with van der Waals surface area (Å²) in [6, 6.07) is 5.88. The van der Waals surface area contributed by atoms with Gasteiger partial charge in [-0.1, -0.05) is 19.1 Å². The van der Waals surface area contributed by atoms with Crippen LogP contribution in [0.1, 0.15) is 25.8 Å². The minimum absolute atomic E-state index is 0.0130. The van der Waals surface area contributed by atoms with E-state index in [1.807, 2.05) is 13.8 Å². The zero-order valence-corrected chi connectivity index (χ0v) is 10.3. The molecular weight excluding hydrogens is 234 g/mol. The second-order valence-corrected chi connectivity index (χ2v) is 3.84. The largest absolute Gasteiger partial charge is 0.273 e. The van der Waals surface area contributed by atoms with Crippen molar-refractivity contribution in [2.45, 2.75) is 26.7 Å². The molecule has 0 atom stereocenters. The van der Waals surface area contributed by atoms with Crippen molar-refractivity contribution in [1.29, 1.82) is 0 Å². The average Bonchev–Trinajstić information content (AvgIpc) is 2.36. The number of non-ortho nitro benzene ring substituents is 1. The lowest BCUT2D eigenvalue weighted by Crippen LogP contribution is -2.20. The predicted octanol–water partition coefficient (Wildman–Crippen LogP) is 2.04. The van der Waals surface area contributed by atoms with Crippen molar-refractivity contribution in [2.24, 2.45) is 5.10 Å². The lowest BCUT2D eigenvalue weighted by molar-refractivity contribution is -0.384. The van der Waals surface area contributed by atoms with E-state index in [2.05, 4.69) is 10.5 Å². The Balaban J connectivity index is 2.57. The van der Waals surface area contributed by atoms with Crippen LogP contribution in [0.4, 0.5) is 5.69 Å². The number of hydrazone groups is 1. The van der Waals surface area contributed by atoms with Crippen molar-refractivity contribution in [1.82, 2.24) is 5.43 Å². The molecule has 1 rings (SSSR count). The number of rotatable bonds is 5. The van der Waals surface area contributed by atoms with E-state index in [0.717, 1.165) is 12.1 Å². The molecule has 1 N–H and O–H groups in total. The Labute approximate surface area is 105 Å². The highest BCUT2D eigenvalue weighted by molar-refractivity contribution is 5.84. The zero-order chi connectivity index (χ0) is 13.5. The number of nitrogens with one attached hydrogen (secondary N) is 1. The molecule has 0 saturated carbocycles. The van der Waals surface area contributed by atoms with E-state index in [4.69, 9.17) is 0 Å². The number of carbonyl (C=O) groups excluding carboxylic acids is 1. The van der Waals surface area contributed by atoms with Crippen molar-refractivity contribution in [3.05, 3.63) is 39.9 Å². The molecule has 0 aliphatic rings. The van der Waals surface area contributed by atoms with Gasteiger partial charge in [0, 0.05) is 17.8 Å². The standard InChI is InChI=1S/C12H15N3O3/c1-3-9(2)13-14-12(16)8-10-4-6-11(7-5-10)15(17)18/h4-7H,3,8H2,1-2H3,(H,14,16). The van der Waals surface area contributed by atoms with Gasteiger partial charge < -0.3 is 0 Å². The molecule has 1 amide bonds. The number of nitrogens with zero attached hydrogens (tertiary/aromatic N) is 2. The van der Waals surface area contributed by atoms with Crippen molar-refractivity contribution >= 4 is 17.3 Å². The van der Waals surface area contributed by atoms with Crippen LogP contribution in [0.2, 0.25) is 0 Å². The Morgan fingerprint density at radius 1 is 1.39 bits per heavy atom. The summed E-state index contributed by atoms with van der Waals surface area (Å²) in [5.74, 6) is -0.239. The summed E-state index contributed by atoms with van der Waals surface area (Å²) >= 11 is 0. The fraction of sp³-hybridized carbons (Fsp3) is 0.333. The number of hydrogen-bond donors (Lipinski definition) is 1. The number of nitro benzene ring substituents is 1. The van der Waals surface area contributed by atoms with Gasteiger partial charge in [0.25, 0.3) is 5.69 Å². The Bertz CT molecular complexity index is 466. The van der Waals surface area contributed by atoms with Gasteiger partial charge in [-0.2, -0.15) is 5.10 Å². The maximum absolute atomic E-state index is 11.5. The molecule has 0 aliphatic heterocycles. The van der Waals surface area contributed by atoms with Crippen LogP contribution in [0.3, 0.4) is 0 Å². The van der Waals surface area contributed by atoms with Crippen LogP contribution in [0.15, 0.2) is 29.4 Å². The fourth-order valence-corrected chi connectivity index (χ4v) is 1.20. The van der Waals surface area contributed by atoms with Crippen LogP contribution in [-0.4, -0.2) is 16.5 Å². The normalized spacial score (nSPS) is 11.1. The topological polar surface area (TPSA) is 84.6 Å². The van der Waals surface area contributed by atoms with Gasteiger partial charge in [-0.25, -0.2) is 5.43 Å². The Hall–Kier alpha value is -2.24. The van der Waals surface area contributed by atoms with Crippen molar-refractivity contribution < 1.29 is 9.72 Å². The van der Waals surface area contributed by atoms with Crippen molar-refractivity contribution in [3.8, 4) is 0 Å². The quantitative estimate of drug-likeness (QED) is 0.492. The molecule has 0 spiro atoms. The zero-order valence-electron chi connectivity index (χ0n) is 10.3. The summed E-state index contributed by atoms with van der Waals surface area (Å²) in [5, 5.41) is 14.3. The molecule has 0 saturated heterocycles. The Kier molecular flexibility index (Phi) is 4.98. The molecule has 18 heavy (non-hydrogen) atoms. The van der Waals surface area contributed by atoms with E-state index in [1.54, 1.807) is 12.1 Å². The van der Waals surface area contributed by atoms with Crippen LogP contribution >= 0.6 is 0 Å². The highest BCUT2D eigenvalue weighted by Gasteiger charge is 2.06. The van der Waals surface area contributed by atoms with Gasteiger partial charge in [-0.15, -0.1) is 0 Å². The summed E-state index contributed by atoms with van der Waals surface area (Å²) in [6.07, 6.45) is 0.927. The van der Waals surface area contributed by atoms with E-state index < -0.39 is 4.92 Å². The lowest BCUT2D eigenvalue weighted by Gasteiger charge is -2.01. The molecule has 6 nitrogen and oxygen atoms in total. The van der Waals surface area contributed by atoms with E-state index in [1.165, 1.54) is 12.1 Å². The first-order valence-electron chi connectivity index (χ1n) is 5.58. The minimum Gasteiger partial charge on any atom is -0.273 e. The fourth-order valence-electron chi connectivity index (χ4n) is 1.20. The third-order valence-electron chi connectivity index (χ3n) is 2.39.